The van der Waals surface area contributed by atoms with Crippen LogP contribution >= 0.6 is 0 Å². The lowest BCUT2D eigenvalue weighted by atomic mass is 10.0. The maximum Gasteiger partial charge on any atom is 0.293 e. The molecule has 0 radical (unpaired) electrons. The highest BCUT2D eigenvalue weighted by Gasteiger charge is 2.24. The normalized spacial score (nSPS) is 15.3. The molecular weight excluding hydrogens is 250 g/mol. The minimum absolute atomic E-state index is 0.699. The number of morpholine rings is 1. The summed E-state index contributed by atoms with van der Waals surface area (Å²) in [6.07, 6.45) is 0. The molecule has 102 valence electrons. The van der Waals surface area contributed by atoms with E-state index < -0.39 is 0 Å². The topological polar surface area (TPSA) is 50.4 Å². The zero-order valence-electron chi connectivity index (χ0n) is 11.9. The quantitative estimate of drug-likeness (QED) is 0.794. The second kappa shape index (κ2) is 5.10. The van der Waals surface area contributed by atoms with Crippen molar-refractivity contribution in [2.45, 2.75) is 13.8 Å². The number of aryl methyl sites for hydroxylation is 2. The Balaban J connectivity index is 2.18. The summed E-state index contributed by atoms with van der Waals surface area (Å²) in [5.41, 5.74) is 4.23. The van der Waals surface area contributed by atoms with Gasteiger partial charge in [0.2, 0.25) is 0 Å². The van der Waals surface area contributed by atoms with E-state index in [1.54, 1.807) is 0 Å². The molecule has 1 aliphatic heterocycles. The van der Waals surface area contributed by atoms with Gasteiger partial charge in [-0.3, -0.25) is 4.90 Å². The average Bonchev–Trinajstić information content (AvgIpc) is 2.46. The number of nitrogens with one attached hydrogen (secondary N) is 1. The molecule has 1 N–H and O–H groups in total. The summed E-state index contributed by atoms with van der Waals surface area (Å²) in [6, 6.07) is 8.57. The monoisotopic (exact) mass is 268 g/mol. The molecule has 0 saturated carbocycles. The fourth-order valence-corrected chi connectivity index (χ4v) is 2.82. The summed E-state index contributed by atoms with van der Waals surface area (Å²) in [7, 11) is 0. The van der Waals surface area contributed by atoms with E-state index in [2.05, 4.69) is 41.9 Å². The Bertz CT molecular complexity index is 697. The zero-order chi connectivity index (χ0) is 14.1. The molecule has 0 bridgehead atoms. The summed E-state index contributed by atoms with van der Waals surface area (Å²) in [5.74, 6) is 0.912. The molecule has 4 heteroatoms. The molecule has 0 spiro atoms. The highest BCUT2D eigenvalue weighted by molar-refractivity contribution is 5.82. The van der Waals surface area contributed by atoms with Crippen LogP contribution in [-0.2, 0) is 4.74 Å². The summed E-state index contributed by atoms with van der Waals surface area (Å²) in [4.78, 5) is 5.65. The van der Waals surface area contributed by atoms with E-state index in [1.165, 1.54) is 11.1 Å². The minimum atomic E-state index is 0.699. The number of hydrogen-bond donors (Lipinski definition) is 0. The van der Waals surface area contributed by atoms with E-state index in [4.69, 9.17) is 4.74 Å². The standard InChI is InChI=1S/C16H17N3O/c1-11-7-12(2)15-13(8-11)9-14(10-17)16(18-15)19-3-5-20-6-4-19/h7-9H,3-6H2,1-2H3/p+1. The van der Waals surface area contributed by atoms with Gasteiger partial charge in [-0.05, 0) is 37.1 Å². The van der Waals surface area contributed by atoms with Gasteiger partial charge in [0.15, 0.2) is 0 Å². The van der Waals surface area contributed by atoms with Gasteiger partial charge < -0.3 is 4.74 Å². The van der Waals surface area contributed by atoms with Gasteiger partial charge in [0.05, 0.1) is 13.2 Å². The number of H-pyrrole nitrogens is 1. The number of anilines is 1. The molecule has 3 rings (SSSR count). The molecule has 2 aromatic rings. The number of ether oxygens (including phenoxy) is 1. The first-order chi connectivity index (χ1) is 9.69. The molecule has 1 saturated heterocycles. The Morgan fingerprint density at radius 2 is 1.95 bits per heavy atom. The van der Waals surface area contributed by atoms with E-state index in [1.807, 2.05) is 6.07 Å². The Kier molecular flexibility index (Phi) is 3.29. The number of benzene rings is 1. The second-order valence-electron chi connectivity index (χ2n) is 5.29. The van der Waals surface area contributed by atoms with E-state index in [0.717, 1.165) is 29.8 Å². The van der Waals surface area contributed by atoms with E-state index in [0.29, 0.717) is 18.8 Å². The maximum absolute atomic E-state index is 9.42. The lowest BCUT2D eigenvalue weighted by Gasteiger charge is -2.22. The third-order valence-corrected chi connectivity index (χ3v) is 3.76. The van der Waals surface area contributed by atoms with E-state index >= 15 is 0 Å². The number of rotatable bonds is 1. The Morgan fingerprint density at radius 1 is 1.20 bits per heavy atom. The molecule has 20 heavy (non-hydrogen) atoms. The molecule has 1 aromatic carbocycles. The first-order valence-electron chi connectivity index (χ1n) is 6.89. The fourth-order valence-electron chi connectivity index (χ4n) is 2.82. The van der Waals surface area contributed by atoms with Crippen LogP contribution in [0, 0.1) is 25.2 Å². The van der Waals surface area contributed by atoms with Crippen LogP contribution < -0.4 is 9.88 Å². The molecule has 0 amide bonds. The molecule has 0 atom stereocenters. The molecule has 1 aliphatic rings. The van der Waals surface area contributed by atoms with Gasteiger partial charge in [-0.15, -0.1) is 0 Å². The largest absolute Gasteiger partial charge is 0.373 e. The smallest absolute Gasteiger partial charge is 0.293 e. The summed E-state index contributed by atoms with van der Waals surface area (Å²) in [6.45, 7) is 7.24. The van der Waals surface area contributed by atoms with Crippen molar-refractivity contribution >= 4 is 16.7 Å². The van der Waals surface area contributed by atoms with Crippen molar-refractivity contribution in [2.24, 2.45) is 0 Å². The van der Waals surface area contributed by atoms with Crippen molar-refractivity contribution in [3.8, 4) is 6.07 Å². The van der Waals surface area contributed by atoms with Crippen molar-refractivity contribution in [1.82, 2.24) is 0 Å². The first kappa shape index (κ1) is 12.9. The molecule has 0 aliphatic carbocycles. The highest BCUT2D eigenvalue weighted by atomic mass is 16.5. The summed E-state index contributed by atoms with van der Waals surface area (Å²) in [5, 5.41) is 10.5. The minimum Gasteiger partial charge on any atom is -0.373 e. The van der Waals surface area contributed by atoms with Crippen molar-refractivity contribution in [3.63, 3.8) is 0 Å². The number of hydrogen-bond acceptors (Lipinski definition) is 3. The van der Waals surface area contributed by atoms with Crippen molar-refractivity contribution in [2.75, 3.05) is 31.2 Å². The van der Waals surface area contributed by atoms with Crippen LogP contribution in [0.3, 0.4) is 0 Å². The maximum atomic E-state index is 9.42. The predicted octanol–water partition coefficient (Wildman–Crippen LogP) is 1.98. The van der Waals surface area contributed by atoms with Crippen molar-refractivity contribution in [3.05, 3.63) is 34.9 Å². The number of nitriles is 1. The lowest BCUT2D eigenvalue weighted by Crippen LogP contribution is -2.40. The van der Waals surface area contributed by atoms with Gasteiger partial charge in [0.1, 0.15) is 30.2 Å². The molecule has 2 heterocycles. The van der Waals surface area contributed by atoms with Gasteiger partial charge in [0.25, 0.3) is 5.82 Å². The van der Waals surface area contributed by atoms with E-state index in [9.17, 15) is 5.26 Å². The van der Waals surface area contributed by atoms with Crippen LogP contribution in [0.25, 0.3) is 10.9 Å². The third kappa shape index (κ3) is 2.21. The molecule has 0 unspecified atom stereocenters. The number of nitrogens with zero attached hydrogens (tertiary/aromatic N) is 2. The van der Waals surface area contributed by atoms with Crippen LogP contribution in [0.2, 0.25) is 0 Å². The van der Waals surface area contributed by atoms with Crippen LogP contribution in [0.15, 0.2) is 18.2 Å². The Labute approximate surface area is 118 Å². The molecular formula is C16H18N3O+. The van der Waals surface area contributed by atoms with Crippen LogP contribution in [0.4, 0.5) is 5.82 Å². The van der Waals surface area contributed by atoms with Gasteiger partial charge in [-0.1, -0.05) is 6.07 Å². The van der Waals surface area contributed by atoms with Crippen molar-refractivity contribution in [1.29, 1.82) is 5.26 Å². The number of pyridine rings is 1. The number of fused-ring (bicyclic) bond motifs is 1. The predicted molar refractivity (Wildman–Crippen MR) is 77.7 cm³/mol. The lowest BCUT2D eigenvalue weighted by molar-refractivity contribution is -0.331. The van der Waals surface area contributed by atoms with Gasteiger partial charge in [-0.25, -0.2) is 4.98 Å². The summed E-state index contributed by atoms with van der Waals surface area (Å²) < 4.78 is 5.38. The molecule has 4 nitrogen and oxygen atoms in total. The number of aromatic amines is 1. The van der Waals surface area contributed by atoms with Crippen LogP contribution in [0.5, 0.6) is 0 Å². The Morgan fingerprint density at radius 3 is 2.65 bits per heavy atom. The molecule has 1 aromatic heterocycles. The van der Waals surface area contributed by atoms with Crippen LogP contribution in [-0.4, -0.2) is 26.3 Å². The Hall–Kier alpha value is -2.12. The van der Waals surface area contributed by atoms with Gasteiger partial charge in [0, 0.05) is 5.39 Å². The zero-order valence-corrected chi connectivity index (χ0v) is 11.9. The summed E-state index contributed by atoms with van der Waals surface area (Å²) >= 11 is 0. The third-order valence-electron chi connectivity index (χ3n) is 3.76. The first-order valence-corrected chi connectivity index (χ1v) is 6.89. The second-order valence-corrected chi connectivity index (χ2v) is 5.29. The fraction of sp³-hybridized carbons (Fsp3) is 0.375. The highest BCUT2D eigenvalue weighted by Crippen LogP contribution is 2.23. The van der Waals surface area contributed by atoms with Gasteiger partial charge in [-0.2, -0.15) is 5.26 Å². The molecule has 1 fully saturated rings. The van der Waals surface area contributed by atoms with Gasteiger partial charge >= 0.3 is 0 Å². The SMILES string of the molecule is Cc1cc(C)c2[nH+]c(N3CCOCC3)c(C#N)cc2c1. The van der Waals surface area contributed by atoms with Crippen molar-refractivity contribution < 1.29 is 9.72 Å². The average molecular weight is 268 g/mol. The van der Waals surface area contributed by atoms with Crippen LogP contribution in [0.1, 0.15) is 16.7 Å². The van der Waals surface area contributed by atoms with E-state index in [-0.39, 0.29) is 0 Å². The number of aromatic nitrogens is 1.